The lowest BCUT2D eigenvalue weighted by molar-refractivity contribution is -0.698. The molecule has 0 N–H and O–H groups in total. The quantitative estimate of drug-likeness (QED) is 0.344. The van der Waals surface area contributed by atoms with E-state index in [4.69, 9.17) is 0 Å². The number of benzene rings is 1. The zero-order valence-corrected chi connectivity index (χ0v) is 16.0. The number of aryl methyl sites for hydroxylation is 1. The molecule has 5 heteroatoms. The van der Waals surface area contributed by atoms with Crippen LogP contribution in [0.15, 0.2) is 30.9 Å². The summed E-state index contributed by atoms with van der Waals surface area (Å²) in [6.07, 6.45) is 16.9. The monoisotopic (exact) mass is 364 g/mol. The molecule has 0 saturated heterocycles. The average molecular weight is 365 g/mol. The lowest BCUT2D eigenvalue weighted by atomic mass is 10.1. The second-order valence-corrected chi connectivity index (χ2v) is 7.10. The number of aromatic nitrogens is 3. The van der Waals surface area contributed by atoms with Crippen LogP contribution in [0.4, 0.5) is 8.78 Å². The Hall–Kier alpha value is -1.78. The Bertz CT molecular complexity index is 640. The third-order valence-electron chi connectivity index (χ3n) is 4.75. The van der Waals surface area contributed by atoms with E-state index >= 15 is 0 Å². The molecule has 0 aliphatic carbocycles. The molecule has 2 rings (SSSR count). The SMILES string of the molecule is CCCCCCCCCCCC[n+]1cnn(Cc2ccc(F)cc2F)c1. The van der Waals surface area contributed by atoms with Gasteiger partial charge in [-0.3, -0.25) is 0 Å². The van der Waals surface area contributed by atoms with Crippen molar-refractivity contribution in [2.75, 3.05) is 0 Å². The second kappa shape index (κ2) is 11.8. The molecule has 3 nitrogen and oxygen atoms in total. The van der Waals surface area contributed by atoms with E-state index < -0.39 is 11.6 Å². The average Bonchev–Trinajstić information content (AvgIpc) is 3.06. The molecule has 0 spiro atoms. The molecule has 1 aromatic carbocycles. The van der Waals surface area contributed by atoms with E-state index in [9.17, 15) is 8.78 Å². The lowest BCUT2D eigenvalue weighted by Crippen LogP contribution is -2.31. The predicted molar refractivity (Wildman–Crippen MR) is 99.7 cm³/mol. The van der Waals surface area contributed by atoms with Gasteiger partial charge in [-0.2, -0.15) is 0 Å². The number of nitrogens with zero attached hydrogens (tertiary/aromatic N) is 3. The molecule has 0 unspecified atom stereocenters. The minimum Gasteiger partial charge on any atom is -0.237 e. The number of hydrogen-bond acceptors (Lipinski definition) is 1. The van der Waals surface area contributed by atoms with E-state index in [1.165, 1.54) is 69.9 Å². The first-order chi connectivity index (χ1) is 12.7. The summed E-state index contributed by atoms with van der Waals surface area (Å²) in [5.41, 5.74) is 0.445. The van der Waals surface area contributed by atoms with Crippen LogP contribution in [0, 0.1) is 11.6 Å². The van der Waals surface area contributed by atoms with Crippen LogP contribution >= 0.6 is 0 Å². The summed E-state index contributed by atoms with van der Waals surface area (Å²) in [5.74, 6) is -1.08. The van der Waals surface area contributed by atoms with Crippen molar-refractivity contribution in [1.29, 1.82) is 0 Å². The molecule has 0 aliphatic rings. The maximum absolute atomic E-state index is 13.7. The maximum Gasteiger partial charge on any atom is 0.265 e. The van der Waals surface area contributed by atoms with E-state index in [1.807, 2.05) is 10.9 Å². The zero-order chi connectivity index (χ0) is 18.6. The Labute approximate surface area is 156 Å². The molecule has 0 atom stereocenters. The summed E-state index contributed by atoms with van der Waals surface area (Å²) >= 11 is 0. The Morgan fingerprint density at radius 3 is 2.23 bits per heavy atom. The highest BCUT2D eigenvalue weighted by Crippen LogP contribution is 2.11. The number of rotatable bonds is 13. The van der Waals surface area contributed by atoms with Crippen molar-refractivity contribution < 1.29 is 13.3 Å². The van der Waals surface area contributed by atoms with Crippen molar-refractivity contribution in [2.24, 2.45) is 0 Å². The van der Waals surface area contributed by atoms with Crippen LogP contribution in [-0.4, -0.2) is 9.78 Å². The van der Waals surface area contributed by atoms with E-state index in [1.54, 1.807) is 11.0 Å². The normalized spacial score (nSPS) is 11.2. The van der Waals surface area contributed by atoms with Crippen LogP contribution in [0.1, 0.15) is 76.7 Å². The second-order valence-electron chi connectivity index (χ2n) is 7.10. The van der Waals surface area contributed by atoms with Gasteiger partial charge in [0.2, 0.25) is 6.33 Å². The van der Waals surface area contributed by atoms with Crippen LogP contribution < -0.4 is 4.57 Å². The van der Waals surface area contributed by atoms with Crippen molar-refractivity contribution >= 4 is 0 Å². The zero-order valence-electron chi connectivity index (χ0n) is 16.0. The standard InChI is InChI=1S/C21H32F2N3/c1-2-3-4-5-6-7-8-9-10-11-14-25-17-24-26(18-25)16-19-12-13-20(22)15-21(19)23/h12-13,15,17-18H,2-11,14,16H2,1H3/q+1. The first kappa shape index (κ1) is 20.5. The van der Waals surface area contributed by atoms with E-state index in [2.05, 4.69) is 12.0 Å². The van der Waals surface area contributed by atoms with Gasteiger partial charge >= 0.3 is 0 Å². The smallest absolute Gasteiger partial charge is 0.237 e. The topological polar surface area (TPSA) is 21.7 Å². The van der Waals surface area contributed by atoms with Crippen LogP contribution in [0.3, 0.4) is 0 Å². The molecule has 0 aliphatic heterocycles. The Morgan fingerprint density at radius 2 is 1.58 bits per heavy atom. The summed E-state index contributed by atoms with van der Waals surface area (Å²) in [6, 6.07) is 3.66. The van der Waals surface area contributed by atoms with Gasteiger partial charge in [-0.05, 0) is 18.6 Å². The van der Waals surface area contributed by atoms with Gasteiger partial charge in [0.05, 0.1) is 6.54 Å². The first-order valence-corrected chi connectivity index (χ1v) is 10.0. The van der Waals surface area contributed by atoms with Crippen molar-refractivity contribution in [3.05, 3.63) is 48.1 Å². The summed E-state index contributed by atoms with van der Waals surface area (Å²) in [7, 11) is 0. The van der Waals surface area contributed by atoms with Gasteiger partial charge in [0.15, 0.2) is 0 Å². The molecule has 1 heterocycles. The van der Waals surface area contributed by atoms with Gasteiger partial charge in [-0.25, -0.2) is 13.3 Å². The fourth-order valence-electron chi connectivity index (χ4n) is 3.17. The van der Waals surface area contributed by atoms with Gasteiger partial charge in [0.25, 0.3) is 6.33 Å². The van der Waals surface area contributed by atoms with Crippen LogP contribution in [0.5, 0.6) is 0 Å². The molecular formula is C21H32F2N3+. The van der Waals surface area contributed by atoms with Gasteiger partial charge in [-0.1, -0.05) is 64.7 Å². The highest BCUT2D eigenvalue weighted by atomic mass is 19.1. The maximum atomic E-state index is 13.7. The van der Waals surface area contributed by atoms with Crippen LogP contribution in [0.25, 0.3) is 0 Å². The highest BCUT2D eigenvalue weighted by Gasteiger charge is 2.10. The van der Waals surface area contributed by atoms with Gasteiger partial charge < -0.3 is 0 Å². The molecule has 26 heavy (non-hydrogen) atoms. The van der Waals surface area contributed by atoms with Crippen LogP contribution in [0.2, 0.25) is 0 Å². The van der Waals surface area contributed by atoms with E-state index in [0.717, 1.165) is 19.0 Å². The fourth-order valence-corrected chi connectivity index (χ4v) is 3.17. The number of halogens is 2. The molecule has 0 amide bonds. The molecule has 1 aromatic heterocycles. The van der Waals surface area contributed by atoms with E-state index in [0.29, 0.717) is 12.1 Å². The highest BCUT2D eigenvalue weighted by molar-refractivity contribution is 5.18. The van der Waals surface area contributed by atoms with Crippen molar-refractivity contribution in [2.45, 2.75) is 84.2 Å². The van der Waals surface area contributed by atoms with Crippen LogP contribution in [-0.2, 0) is 13.1 Å². The van der Waals surface area contributed by atoms with Gasteiger partial charge in [0.1, 0.15) is 18.2 Å². The minimum absolute atomic E-state index is 0.317. The van der Waals surface area contributed by atoms with Gasteiger partial charge in [-0.15, -0.1) is 4.68 Å². The molecule has 0 radical (unpaired) electrons. The van der Waals surface area contributed by atoms with Crippen molar-refractivity contribution in [3.63, 3.8) is 0 Å². The molecule has 0 fully saturated rings. The Kier molecular flexibility index (Phi) is 9.29. The first-order valence-electron chi connectivity index (χ1n) is 10.0. The lowest BCUT2D eigenvalue weighted by Gasteiger charge is -2.01. The number of hydrogen-bond donors (Lipinski definition) is 0. The summed E-state index contributed by atoms with van der Waals surface area (Å²) in [5, 5.41) is 4.26. The summed E-state index contributed by atoms with van der Waals surface area (Å²) < 4.78 is 30.4. The van der Waals surface area contributed by atoms with Gasteiger partial charge in [0, 0.05) is 16.7 Å². The third kappa shape index (κ3) is 7.63. The molecular weight excluding hydrogens is 332 g/mol. The Morgan fingerprint density at radius 1 is 0.923 bits per heavy atom. The largest absolute Gasteiger partial charge is 0.265 e. The summed E-state index contributed by atoms with van der Waals surface area (Å²) in [4.78, 5) is 0. The fraction of sp³-hybridized carbons (Fsp3) is 0.619. The third-order valence-corrected chi connectivity index (χ3v) is 4.75. The van der Waals surface area contributed by atoms with E-state index in [-0.39, 0.29) is 0 Å². The van der Waals surface area contributed by atoms with Crippen molar-refractivity contribution in [1.82, 2.24) is 9.78 Å². The predicted octanol–water partition coefficient (Wildman–Crippen LogP) is 5.42. The molecule has 2 aromatic rings. The molecule has 0 bridgehead atoms. The van der Waals surface area contributed by atoms with Crippen molar-refractivity contribution in [3.8, 4) is 0 Å². The molecule has 144 valence electrons. The molecule has 0 saturated carbocycles. The Balaban J connectivity index is 1.58. The number of unbranched alkanes of at least 4 members (excludes halogenated alkanes) is 9. The summed E-state index contributed by atoms with van der Waals surface area (Å²) in [6.45, 7) is 3.50. The minimum atomic E-state index is -0.553.